The maximum Gasteiger partial charge on any atom is 0.343 e. The van der Waals surface area contributed by atoms with Crippen LogP contribution in [0, 0.1) is 20.2 Å². The van der Waals surface area contributed by atoms with E-state index in [2.05, 4.69) is 25.7 Å². The zero-order valence-electron chi connectivity index (χ0n) is 30.0. The van der Waals surface area contributed by atoms with E-state index in [9.17, 15) is 34.6 Å². The summed E-state index contributed by atoms with van der Waals surface area (Å²) in [6.45, 7) is 6.91. The summed E-state index contributed by atoms with van der Waals surface area (Å²) in [4.78, 5) is 65.9. The van der Waals surface area contributed by atoms with Crippen LogP contribution in [0.1, 0.15) is 44.9 Å². The Morgan fingerprint density at radius 1 is 0.927 bits per heavy atom. The van der Waals surface area contributed by atoms with Crippen LogP contribution in [0.3, 0.4) is 0 Å². The van der Waals surface area contributed by atoms with Gasteiger partial charge in [0.15, 0.2) is 34.4 Å². The van der Waals surface area contributed by atoms with Crippen LogP contribution in [0.5, 0.6) is 28.7 Å². The first-order valence-corrected chi connectivity index (χ1v) is 18.2. The van der Waals surface area contributed by atoms with Crippen molar-refractivity contribution in [3.63, 3.8) is 0 Å². The van der Waals surface area contributed by atoms with Crippen molar-refractivity contribution in [3.05, 3.63) is 115 Å². The normalized spacial score (nSPS) is 13.7. The van der Waals surface area contributed by atoms with Crippen molar-refractivity contribution in [2.45, 2.75) is 33.7 Å². The van der Waals surface area contributed by atoms with Crippen molar-refractivity contribution >= 4 is 56.7 Å². The van der Waals surface area contributed by atoms with Crippen LogP contribution >= 0.6 is 27.3 Å². The van der Waals surface area contributed by atoms with Crippen molar-refractivity contribution < 1.29 is 47.9 Å². The monoisotopic (exact) mass is 840 g/mol. The summed E-state index contributed by atoms with van der Waals surface area (Å²) >= 11 is 4.52. The third-order valence-corrected chi connectivity index (χ3v) is 9.44. The predicted molar refractivity (Wildman–Crippen MR) is 201 cm³/mol. The highest BCUT2D eigenvalue weighted by atomic mass is 79.9. The first kappa shape index (κ1) is 40.1. The van der Waals surface area contributed by atoms with Crippen molar-refractivity contribution in [1.29, 1.82) is 0 Å². The maximum atomic E-state index is 14.3. The van der Waals surface area contributed by atoms with E-state index in [0.29, 0.717) is 26.1 Å². The van der Waals surface area contributed by atoms with Crippen molar-refractivity contribution in [2.24, 2.45) is 4.99 Å². The van der Waals surface area contributed by atoms with Gasteiger partial charge in [0.2, 0.25) is 5.75 Å². The van der Waals surface area contributed by atoms with Crippen LogP contribution in [0.15, 0.2) is 74.1 Å². The third-order valence-electron chi connectivity index (χ3n) is 7.87. The average molecular weight is 842 g/mol. The van der Waals surface area contributed by atoms with Gasteiger partial charge in [-0.1, -0.05) is 17.4 Å². The number of esters is 2. The molecule has 0 fully saturated rings. The van der Waals surface area contributed by atoms with Gasteiger partial charge in [-0.3, -0.25) is 29.6 Å². The average Bonchev–Trinajstić information content (AvgIpc) is 3.45. The lowest BCUT2D eigenvalue weighted by Gasteiger charge is -2.25. The Bertz CT molecular complexity index is 2410. The molecule has 5 rings (SSSR count). The number of nitro groups is 2. The summed E-state index contributed by atoms with van der Waals surface area (Å²) < 4.78 is 35.1. The fourth-order valence-corrected chi connectivity index (χ4v) is 7.11. The predicted octanol–water partition coefficient (Wildman–Crippen LogP) is 5.52. The molecule has 288 valence electrons. The number of thiazole rings is 1. The minimum absolute atomic E-state index is 0.0521. The number of hydrogen-bond acceptors (Lipinski definition) is 15. The molecule has 17 nitrogen and oxygen atoms in total. The minimum Gasteiger partial charge on any atom is -0.490 e. The van der Waals surface area contributed by atoms with Crippen LogP contribution in [0.4, 0.5) is 11.4 Å². The molecule has 19 heteroatoms. The quantitative estimate of drug-likeness (QED) is 0.0821. The maximum absolute atomic E-state index is 14.3. The first-order valence-electron chi connectivity index (χ1n) is 16.5. The summed E-state index contributed by atoms with van der Waals surface area (Å²) in [7, 11) is 1.24. The highest BCUT2D eigenvalue weighted by molar-refractivity contribution is 9.10. The Morgan fingerprint density at radius 2 is 1.64 bits per heavy atom. The summed E-state index contributed by atoms with van der Waals surface area (Å²) in [6.07, 6.45) is 1.59. The summed E-state index contributed by atoms with van der Waals surface area (Å²) in [5.41, 5.74) is -0.182. The van der Waals surface area contributed by atoms with Gasteiger partial charge in [0.25, 0.3) is 11.2 Å². The number of hydrogen-bond donors (Lipinski definition) is 0. The van der Waals surface area contributed by atoms with Crippen LogP contribution in [0.25, 0.3) is 6.08 Å². The Morgan fingerprint density at radius 3 is 2.29 bits per heavy atom. The van der Waals surface area contributed by atoms with Gasteiger partial charge < -0.3 is 28.4 Å². The Balaban J connectivity index is 1.63. The van der Waals surface area contributed by atoms with Gasteiger partial charge in [0.1, 0.15) is 0 Å². The Kier molecular flexibility index (Phi) is 12.7. The zero-order valence-corrected chi connectivity index (χ0v) is 32.4. The molecule has 0 unspecified atom stereocenters. The molecule has 0 amide bonds. The molecule has 1 atom stereocenters. The molecule has 0 saturated carbocycles. The van der Waals surface area contributed by atoms with Gasteiger partial charge in [-0.2, -0.15) is 0 Å². The van der Waals surface area contributed by atoms with E-state index in [1.54, 1.807) is 64.1 Å². The number of methoxy groups -OCH3 is 1. The molecule has 0 spiro atoms. The van der Waals surface area contributed by atoms with E-state index in [0.717, 1.165) is 29.5 Å². The second-order valence-electron chi connectivity index (χ2n) is 11.3. The number of carbonyl (C=O) groups is 2. The molecular weight excluding hydrogens is 808 g/mol. The van der Waals surface area contributed by atoms with E-state index < -0.39 is 44.8 Å². The van der Waals surface area contributed by atoms with E-state index in [-0.39, 0.29) is 65.3 Å². The Hall–Kier alpha value is -6.08. The number of non-ortho nitro benzene ring substituents is 1. The number of allylic oxidation sites excluding steroid dienone is 1. The molecule has 1 aliphatic rings. The second kappa shape index (κ2) is 17.4. The molecule has 0 saturated heterocycles. The summed E-state index contributed by atoms with van der Waals surface area (Å²) in [5.74, 6) is -0.816. The van der Waals surface area contributed by atoms with Crippen molar-refractivity contribution in [2.75, 3.05) is 33.5 Å². The largest absolute Gasteiger partial charge is 0.490 e. The topological polar surface area (TPSA) is 210 Å². The number of nitrogens with zero attached hydrogens (tertiary/aromatic N) is 4. The fraction of sp³-hybridized carbons (Fsp3) is 0.278. The summed E-state index contributed by atoms with van der Waals surface area (Å²) in [5, 5.41) is 23.0. The molecule has 55 heavy (non-hydrogen) atoms. The first-order chi connectivity index (χ1) is 26.3. The van der Waals surface area contributed by atoms with Gasteiger partial charge in [-0.15, -0.1) is 0 Å². The smallest absolute Gasteiger partial charge is 0.343 e. The summed E-state index contributed by atoms with van der Waals surface area (Å²) in [6, 6.07) is 10.0. The molecule has 0 aliphatic carbocycles. The van der Waals surface area contributed by atoms with Gasteiger partial charge in [-0.25, -0.2) is 14.6 Å². The number of ether oxygens (including phenoxy) is 6. The number of carbonyl (C=O) groups excluding carboxylic acids is 2. The lowest BCUT2D eigenvalue weighted by Crippen LogP contribution is -2.40. The highest BCUT2D eigenvalue weighted by Crippen LogP contribution is 2.43. The molecule has 0 radical (unpaired) electrons. The van der Waals surface area contributed by atoms with Gasteiger partial charge in [0.05, 0.1) is 69.2 Å². The zero-order chi connectivity index (χ0) is 40.0. The molecule has 0 N–H and O–H groups in total. The van der Waals surface area contributed by atoms with E-state index in [1.807, 2.05) is 0 Å². The van der Waals surface area contributed by atoms with Gasteiger partial charge in [-0.05, 0) is 91.2 Å². The minimum atomic E-state index is -0.995. The molecule has 1 aromatic heterocycles. The SMILES string of the molecule is CCOC(=O)C1=C(C)N=c2s/c(=C/c3cc(Br)c(Oc4ccc([N+](=O)[O-])cc4[N+](=O)[O-])c(OCC)c3)c(=O)n2[C@@H]1c1ccc(OCC(=O)OC)c(OCC)c1. The Labute approximate surface area is 324 Å². The molecule has 1 aliphatic heterocycles. The van der Waals surface area contributed by atoms with E-state index in [4.69, 9.17) is 23.7 Å². The molecule has 2 heterocycles. The molecular formula is C36H33BrN4O13S. The van der Waals surface area contributed by atoms with Gasteiger partial charge >= 0.3 is 17.6 Å². The standard InChI is InChI=1S/C36H33BrN4O13S/c1-6-50-27-16-21(9-11-26(27)53-18-30(42)49-5)32-31(35(44)52-8-3)19(4)38-36-39(32)34(43)29(55-36)15-20-13-23(37)33(28(14-20)51-7-2)54-25-12-10-22(40(45)46)17-24(25)41(47)48/h9-17,32H,6-8,18H2,1-5H3/b29-15+/t32-/m1/s1. The number of rotatable bonds is 15. The third kappa shape index (κ3) is 8.68. The van der Waals surface area contributed by atoms with Gasteiger partial charge in [0, 0.05) is 6.07 Å². The molecule has 0 bridgehead atoms. The number of fused-ring (bicyclic) bond motifs is 1. The van der Waals surface area contributed by atoms with Crippen molar-refractivity contribution in [3.8, 4) is 28.7 Å². The molecule has 3 aromatic carbocycles. The van der Waals surface area contributed by atoms with Crippen LogP contribution in [-0.4, -0.2) is 59.9 Å². The van der Waals surface area contributed by atoms with E-state index in [1.165, 1.54) is 11.7 Å². The fourth-order valence-electron chi connectivity index (χ4n) is 5.53. The number of aromatic nitrogens is 1. The number of halogens is 1. The van der Waals surface area contributed by atoms with Crippen LogP contribution in [0.2, 0.25) is 0 Å². The second-order valence-corrected chi connectivity index (χ2v) is 13.2. The van der Waals surface area contributed by atoms with Crippen LogP contribution in [-0.2, 0) is 19.1 Å². The number of nitro benzene ring substituents is 2. The van der Waals surface area contributed by atoms with Crippen molar-refractivity contribution in [1.82, 2.24) is 4.57 Å². The lowest BCUT2D eigenvalue weighted by atomic mass is 9.95. The van der Waals surface area contributed by atoms with Crippen LogP contribution < -0.4 is 33.8 Å². The lowest BCUT2D eigenvalue weighted by molar-refractivity contribution is -0.394. The van der Waals surface area contributed by atoms with E-state index >= 15 is 0 Å². The molecule has 4 aromatic rings. The number of benzene rings is 3. The highest BCUT2D eigenvalue weighted by Gasteiger charge is 2.34.